The molecule has 0 radical (unpaired) electrons. The van der Waals surface area contributed by atoms with E-state index in [0.717, 1.165) is 30.3 Å². The third-order valence-corrected chi connectivity index (χ3v) is 2.39. The lowest BCUT2D eigenvalue weighted by atomic mass is 10.3. The molecule has 0 heterocycles. The van der Waals surface area contributed by atoms with E-state index in [1.165, 1.54) is 0 Å². The van der Waals surface area contributed by atoms with E-state index in [9.17, 15) is 0 Å². The van der Waals surface area contributed by atoms with Gasteiger partial charge in [0.15, 0.2) is 0 Å². The van der Waals surface area contributed by atoms with Gasteiger partial charge >= 0.3 is 0 Å². The average Bonchev–Trinajstić information content (AvgIpc) is 2.38. The summed E-state index contributed by atoms with van der Waals surface area (Å²) in [7, 11) is 0. The van der Waals surface area contributed by atoms with Crippen molar-refractivity contribution in [3.63, 3.8) is 0 Å². The van der Waals surface area contributed by atoms with Crippen molar-refractivity contribution in [2.75, 3.05) is 12.3 Å². The van der Waals surface area contributed by atoms with Gasteiger partial charge in [0, 0.05) is 11.8 Å². The molecule has 0 fully saturated rings. The molecule has 0 saturated carbocycles. The fraction of sp³-hybridized carbons (Fsp3) is 0.200. The van der Waals surface area contributed by atoms with Crippen molar-refractivity contribution in [3.8, 4) is 17.2 Å². The van der Waals surface area contributed by atoms with Crippen molar-refractivity contribution >= 4 is 5.69 Å². The van der Waals surface area contributed by atoms with Crippen LogP contribution in [0.4, 0.5) is 5.69 Å². The normalized spacial score (nSPS) is 10.1. The van der Waals surface area contributed by atoms with E-state index in [1.54, 1.807) is 6.07 Å². The summed E-state index contributed by atoms with van der Waals surface area (Å²) >= 11 is 0. The highest BCUT2D eigenvalue weighted by Crippen LogP contribution is 2.25. The molecule has 0 aliphatic carbocycles. The third-order valence-electron chi connectivity index (χ3n) is 2.39. The fourth-order valence-corrected chi connectivity index (χ4v) is 1.54. The van der Waals surface area contributed by atoms with Gasteiger partial charge in [-0.3, -0.25) is 0 Å². The van der Waals surface area contributed by atoms with Crippen LogP contribution >= 0.6 is 0 Å². The Labute approximate surface area is 107 Å². The van der Waals surface area contributed by atoms with Gasteiger partial charge in [0.05, 0.1) is 6.61 Å². The molecular weight excluding hydrogens is 226 g/mol. The fourth-order valence-electron chi connectivity index (χ4n) is 1.54. The minimum atomic E-state index is 0.690. The smallest absolute Gasteiger partial charge is 0.129 e. The van der Waals surface area contributed by atoms with Gasteiger partial charge in [0.2, 0.25) is 0 Å². The van der Waals surface area contributed by atoms with Crippen LogP contribution in [-0.4, -0.2) is 6.61 Å². The van der Waals surface area contributed by atoms with Crippen LogP contribution in [0.1, 0.15) is 13.3 Å². The van der Waals surface area contributed by atoms with Crippen LogP contribution < -0.4 is 15.2 Å². The van der Waals surface area contributed by atoms with Crippen LogP contribution in [0.25, 0.3) is 0 Å². The molecule has 0 atom stereocenters. The Morgan fingerprint density at radius 1 is 0.944 bits per heavy atom. The highest BCUT2D eigenvalue weighted by atomic mass is 16.5. The van der Waals surface area contributed by atoms with Crippen LogP contribution in [0.5, 0.6) is 17.2 Å². The van der Waals surface area contributed by atoms with Gasteiger partial charge < -0.3 is 15.2 Å². The van der Waals surface area contributed by atoms with Crippen LogP contribution in [0.3, 0.4) is 0 Å². The zero-order valence-electron chi connectivity index (χ0n) is 10.4. The first-order valence-corrected chi connectivity index (χ1v) is 6.04. The molecule has 18 heavy (non-hydrogen) atoms. The molecule has 0 aliphatic rings. The molecule has 0 aliphatic heterocycles. The van der Waals surface area contributed by atoms with Crippen molar-refractivity contribution < 1.29 is 9.47 Å². The SMILES string of the molecule is CCCOc1ccc(Oc2cccc(N)c2)cc1. The summed E-state index contributed by atoms with van der Waals surface area (Å²) in [5.74, 6) is 2.36. The number of hydrogen-bond acceptors (Lipinski definition) is 3. The first-order chi connectivity index (χ1) is 8.78. The number of nitrogens with two attached hydrogens (primary N) is 1. The lowest BCUT2D eigenvalue weighted by Gasteiger charge is -2.08. The zero-order valence-corrected chi connectivity index (χ0v) is 10.4. The Bertz CT molecular complexity index is 494. The number of benzene rings is 2. The van der Waals surface area contributed by atoms with E-state index in [2.05, 4.69) is 6.92 Å². The van der Waals surface area contributed by atoms with Gasteiger partial charge in [-0.2, -0.15) is 0 Å². The van der Waals surface area contributed by atoms with Crippen LogP contribution in [0, 0.1) is 0 Å². The summed E-state index contributed by atoms with van der Waals surface area (Å²) in [5, 5.41) is 0. The van der Waals surface area contributed by atoms with Crippen molar-refractivity contribution in [2.24, 2.45) is 0 Å². The van der Waals surface area contributed by atoms with E-state index < -0.39 is 0 Å². The average molecular weight is 243 g/mol. The Morgan fingerprint density at radius 2 is 1.67 bits per heavy atom. The highest BCUT2D eigenvalue weighted by Gasteiger charge is 1.98. The van der Waals surface area contributed by atoms with Crippen molar-refractivity contribution in [3.05, 3.63) is 48.5 Å². The van der Waals surface area contributed by atoms with Gasteiger partial charge in [0.1, 0.15) is 17.2 Å². The van der Waals surface area contributed by atoms with Crippen molar-refractivity contribution in [1.82, 2.24) is 0 Å². The standard InChI is InChI=1S/C15H17NO2/c1-2-10-17-13-6-8-14(9-7-13)18-15-5-3-4-12(16)11-15/h3-9,11H,2,10,16H2,1H3. The Balaban J connectivity index is 2.02. The second-order valence-corrected chi connectivity index (χ2v) is 3.99. The molecule has 2 rings (SSSR count). The van der Waals surface area contributed by atoms with Crippen LogP contribution in [0.2, 0.25) is 0 Å². The van der Waals surface area contributed by atoms with Crippen LogP contribution in [0.15, 0.2) is 48.5 Å². The Kier molecular flexibility index (Phi) is 4.07. The Morgan fingerprint density at radius 3 is 2.33 bits per heavy atom. The minimum absolute atomic E-state index is 0.690. The largest absolute Gasteiger partial charge is 0.494 e. The molecule has 0 spiro atoms. The van der Waals surface area contributed by atoms with E-state index in [-0.39, 0.29) is 0 Å². The molecule has 3 heteroatoms. The first-order valence-electron chi connectivity index (χ1n) is 6.04. The van der Waals surface area contributed by atoms with Gasteiger partial charge in [0.25, 0.3) is 0 Å². The van der Waals surface area contributed by atoms with Crippen LogP contribution in [-0.2, 0) is 0 Å². The lowest BCUT2D eigenvalue weighted by molar-refractivity contribution is 0.317. The number of ether oxygens (including phenoxy) is 2. The molecule has 2 N–H and O–H groups in total. The summed E-state index contributed by atoms with van der Waals surface area (Å²) in [6.45, 7) is 2.81. The molecule has 2 aromatic carbocycles. The molecule has 0 aromatic heterocycles. The molecule has 0 bridgehead atoms. The summed E-state index contributed by atoms with van der Waals surface area (Å²) in [6, 6.07) is 14.9. The second kappa shape index (κ2) is 5.96. The summed E-state index contributed by atoms with van der Waals surface area (Å²) in [6.07, 6.45) is 1.00. The molecule has 0 saturated heterocycles. The molecule has 0 unspecified atom stereocenters. The van der Waals surface area contributed by atoms with Gasteiger partial charge in [-0.05, 0) is 42.8 Å². The van der Waals surface area contributed by atoms with E-state index in [1.807, 2.05) is 42.5 Å². The second-order valence-electron chi connectivity index (χ2n) is 3.99. The summed E-state index contributed by atoms with van der Waals surface area (Å²) in [4.78, 5) is 0. The predicted molar refractivity (Wildman–Crippen MR) is 73.2 cm³/mol. The Hall–Kier alpha value is -2.16. The summed E-state index contributed by atoms with van der Waals surface area (Å²) < 4.78 is 11.2. The third kappa shape index (κ3) is 3.42. The molecule has 2 aromatic rings. The maximum absolute atomic E-state index is 5.69. The first kappa shape index (κ1) is 12.3. The maximum atomic E-state index is 5.69. The molecule has 0 amide bonds. The minimum Gasteiger partial charge on any atom is -0.494 e. The van der Waals surface area contributed by atoms with E-state index >= 15 is 0 Å². The topological polar surface area (TPSA) is 44.5 Å². The molecule has 3 nitrogen and oxygen atoms in total. The quantitative estimate of drug-likeness (QED) is 0.811. The van der Waals surface area contributed by atoms with Crippen molar-refractivity contribution in [2.45, 2.75) is 13.3 Å². The monoisotopic (exact) mass is 243 g/mol. The summed E-state index contributed by atoms with van der Waals surface area (Å²) in [5.41, 5.74) is 6.38. The number of anilines is 1. The lowest BCUT2D eigenvalue weighted by Crippen LogP contribution is -1.94. The molecular formula is C15H17NO2. The number of hydrogen-bond donors (Lipinski definition) is 1. The van der Waals surface area contributed by atoms with E-state index in [0.29, 0.717) is 5.69 Å². The maximum Gasteiger partial charge on any atom is 0.129 e. The van der Waals surface area contributed by atoms with Crippen molar-refractivity contribution in [1.29, 1.82) is 0 Å². The predicted octanol–water partition coefficient (Wildman–Crippen LogP) is 3.85. The van der Waals surface area contributed by atoms with Gasteiger partial charge in [-0.1, -0.05) is 13.0 Å². The van der Waals surface area contributed by atoms with Gasteiger partial charge in [-0.25, -0.2) is 0 Å². The molecule has 94 valence electrons. The van der Waals surface area contributed by atoms with Gasteiger partial charge in [-0.15, -0.1) is 0 Å². The zero-order chi connectivity index (χ0) is 12.8. The number of rotatable bonds is 5. The number of nitrogen functional groups attached to an aromatic ring is 1. The van der Waals surface area contributed by atoms with E-state index in [4.69, 9.17) is 15.2 Å². The highest BCUT2D eigenvalue weighted by molar-refractivity contribution is 5.45.